The maximum absolute atomic E-state index is 12.0. The van der Waals surface area contributed by atoms with E-state index in [-0.39, 0.29) is 17.6 Å². The molecule has 1 heterocycles. The predicted octanol–water partition coefficient (Wildman–Crippen LogP) is 1.79. The Morgan fingerprint density at radius 2 is 1.94 bits per heavy atom. The van der Waals surface area contributed by atoms with Crippen LogP contribution >= 0.6 is 0 Å². The molecule has 1 aliphatic heterocycles. The van der Waals surface area contributed by atoms with Crippen LogP contribution in [0.5, 0.6) is 0 Å². The molecule has 0 unspecified atom stereocenters. The minimum absolute atomic E-state index is 0.0461. The summed E-state index contributed by atoms with van der Waals surface area (Å²) in [6.07, 6.45) is 1.80. The summed E-state index contributed by atoms with van der Waals surface area (Å²) >= 11 is 0. The lowest BCUT2D eigenvalue weighted by molar-refractivity contribution is -0.130. The van der Waals surface area contributed by atoms with Gasteiger partial charge < -0.3 is 4.90 Å². The predicted molar refractivity (Wildman–Crippen MR) is 68.5 cm³/mol. The Hall–Kier alpha value is -1.35. The second kappa shape index (κ2) is 4.49. The fourth-order valence-corrected chi connectivity index (χ4v) is 2.25. The van der Waals surface area contributed by atoms with Gasteiger partial charge in [0.1, 0.15) is 0 Å². The normalized spacial score (nSPS) is 23.1. The number of likely N-dealkylation sites (N-methyl/N-ethyl adjacent to an activating group) is 1. The number of hydrogen-bond acceptors (Lipinski definition) is 2. The molecule has 1 amide bonds. The van der Waals surface area contributed by atoms with Crippen LogP contribution in [-0.2, 0) is 11.2 Å². The Morgan fingerprint density at radius 1 is 1.29 bits per heavy atom. The van der Waals surface area contributed by atoms with Gasteiger partial charge in [0, 0.05) is 7.05 Å². The van der Waals surface area contributed by atoms with E-state index in [9.17, 15) is 4.79 Å². The summed E-state index contributed by atoms with van der Waals surface area (Å²) in [7, 11) is 1.86. The molecule has 0 spiro atoms. The number of carbonyl (C=O) groups is 1. The topological polar surface area (TPSA) is 32.3 Å². The molecule has 3 heteroatoms. The van der Waals surface area contributed by atoms with Crippen LogP contribution in [0.4, 0.5) is 0 Å². The van der Waals surface area contributed by atoms with Gasteiger partial charge in [0.25, 0.3) is 0 Å². The standard InChI is InChI=1S/C14H20N2O/c1-14(2)15-12(13(17)16(14)3)10-9-11-7-5-4-6-8-11/h4-8,12,15H,9-10H2,1-3H3/t12-/m0/s1. The molecule has 0 saturated carbocycles. The molecule has 2 rings (SSSR count). The molecule has 1 atom stereocenters. The van der Waals surface area contributed by atoms with Crippen LogP contribution in [0, 0.1) is 0 Å². The zero-order chi connectivity index (χ0) is 12.5. The first-order valence-electron chi connectivity index (χ1n) is 6.10. The number of hydrogen-bond donors (Lipinski definition) is 1. The molecule has 0 radical (unpaired) electrons. The molecule has 0 bridgehead atoms. The second-order valence-electron chi connectivity index (χ2n) is 5.18. The third-order valence-electron chi connectivity index (χ3n) is 3.56. The SMILES string of the molecule is CN1C(=O)[C@H](CCc2ccccc2)NC1(C)C. The molecule has 3 nitrogen and oxygen atoms in total. The maximum atomic E-state index is 12.0. The molecule has 1 aromatic carbocycles. The van der Waals surface area contributed by atoms with Gasteiger partial charge in [-0.1, -0.05) is 30.3 Å². The Balaban J connectivity index is 1.95. The van der Waals surface area contributed by atoms with Crippen molar-refractivity contribution in [3.8, 4) is 0 Å². The van der Waals surface area contributed by atoms with E-state index in [1.54, 1.807) is 4.90 Å². The fraction of sp³-hybridized carbons (Fsp3) is 0.500. The molecule has 1 saturated heterocycles. The van der Waals surface area contributed by atoms with Crippen molar-refractivity contribution < 1.29 is 4.79 Å². The molecular weight excluding hydrogens is 212 g/mol. The highest BCUT2D eigenvalue weighted by molar-refractivity contribution is 5.84. The van der Waals surface area contributed by atoms with E-state index in [1.807, 2.05) is 39.1 Å². The molecular formula is C14H20N2O. The minimum Gasteiger partial charge on any atom is -0.327 e. The van der Waals surface area contributed by atoms with Crippen molar-refractivity contribution in [2.24, 2.45) is 0 Å². The van der Waals surface area contributed by atoms with Gasteiger partial charge >= 0.3 is 0 Å². The highest BCUT2D eigenvalue weighted by Crippen LogP contribution is 2.21. The van der Waals surface area contributed by atoms with Crippen LogP contribution in [-0.4, -0.2) is 29.6 Å². The quantitative estimate of drug-likeness (QED) is 0.861. The molecule has 1 aliphatic rings. The summed E-state index contributed by atoms with van der Waals surface area (Å²) < 4.78 is 0. The molecule has 1 fully saturated rings. The van der Waals surface area contributed by atoms with Crippen LogP contribution in [0.2, 0.25) is 0 Å². The summed E-state index contributed by atoms with van der Waals surface area (Å²) in [5, 5.41) is 3.38. The Morgan fingerprint density at radius 3 is 2.47 bits per heavy atom. The van der Waals surface area contributed by atoms with Crippen molar-refractivity contribution in [3.05, 3.63) is 35.9 Å². The first-order valence-corrected chi connectivity index (χ1v) is 6.10. The first kappa shape index (κ1) is 12.1. The van der Waals surface area contributed by atoms with E-state index in [4.69, 9.17) is 0 Å². The molecule has 17 heavy (non-hydrogen) atoms. The van der Waals surface area contributed by atoms with Gasteiger partial charge in [-0.05, 0) is 32.3 Å². The van der Waals surface area contributed by atoms with E-state index in [0.29, 0.717) is 0 Å². The zero-order valence-corrected chi connectivity index (χ0v) is 10.7. The van der Waals surface area contributed by atoms with Crippen LogP contribution < -0.4 is 5.32 Å². The van der Waals surface area contributed by atoms with Gasteiger partial charge in [0.2, 0.25) is 5.91 Å². The zero-order valence-electron chi connectivity index (χ0n) is 10.7. The largest absolute Gasteiger partial charge is 0.327 e. The lowest BCUT2D eigenvalue weighted by atomic mass is 10.1. The summed E-state index contributed by atoms with van der Waals surface area (Å²) in [6.45, 7) is 4.07. The van der Waals surface area contributed by atoms with E-state index < -0.39 is 0 Å². The lowest BCUT2D eigenvalue weighted by Crippen LogP contribution is -2.45. The fourth-order valence-electron chi connectivity index (χ4n) is 2.25. The smallest absolute Gasteiger partial charge is 0.240 e. The lowest BCUT2D eigenvalue weighted by Gasteiger charge is -2.27. The summed E-state index contributed by atoms with van der Waals surface area (Å²) in [5.41, 5.74) is 1.06. The van der Waals surface area contributed by atoms with Crippen LogP contribution in [0.25, 0.3) is 0 Å². The van der Waals surface area contributed by atoms with Crippen LogP contribution in [0.15, 0.2) is 30.3 Å². The van der Waals surface area contributed by atoms with Crippen LogP contribution in [0.3, 0.4) is 0 Å². The Bertz CT molecular complexity index is 400. The monoisotopic (exact) mass is 232 g/mol. The van der Waals surface area contributed by atoms with Crippen molar-refractivity contribution in [1.82, 2.24) is 10.2 Å². The summed E-state index contributed by atoms with van der Waals surface area (Å²) in [4.78, 5) is 13.8. The highest BCUT2D eigenvalue weighted by Gasteiger charge is 2.41. The number of carbonyl (C=O) groups excluding carboxylic acids is 1. The molecule has 92 valence electrons. The number of amides is 1. The van der Waals surface area contributed by atoms with Gasteiger partial charge in [0.15, 0.2) is 0 Å². The number of nitrogens with zero attached hydrogens (tertiary/aromatic N) is 1. The van der Waals surface area contributed by atoms with Gasteiger partial charge in [-0.2, -0.15) is 0 Å². The van der Waals surface area contributed by atoms with Crippen molar-refractivity contribution >= 4 is 5.91 Å². The van der Waals surface area contributed by atoms with Gasteiger partial charge in [-0.15, -0.1) is 0 Å². The van der Waals surface area contributed by atoms with E-state index >= 15 is 0 Å². The van der Waals surface area contributed by atoms with E-state index in [2.05, 4.69) is 17.4 Å². The maximum Gasteiger partial charge on any atom is 0.240 e. The van der Waals surface area contributed by atoms with Gasteiger partial charge in [-0.3, -0.25) is 10.1 Å². The van der Waals surface area contributed by atoms with E-state index in [0.717, 1.165) is 12.8 Å². The first-order chi connectivity index (χ1) is 8.00. The third-order valence-corrected chi connectivity index (χ3v) is 3.56. The Labute approximate surface area is 103 Å². The summed E-state index contributed by atoms with van der Waals surface area (Å²) in [5.74, 6) is 0.200. The number of aryl methyl sites for hydroxylation is 1. The number of nitrogens with one attached hydrogen (secondary N) is 1. The average Bonchev–Trinajstić information content (AvgIpc) is 2.52. The molecule has 0 aliphatic carbocycles. The second-order valence-corrected chi connectivity index (χ2v) is 5.18. The van der Waals surface area contributed by atoms with Crippen molar-refractivity contribution in [2.75, 3.05) is 7.05 Å². The van der Waals surface area contributed by atoms with Gasteiger partial charge in [-0.25, -0.2) is 0 Å². The van der Waals surface area contributed by atoms with E-state index in [1.165, 1.54) is 5.56 Å². The molecule has 1 aromatic rings. The molecule has 0 aromatic heterocycles. The Kier molecular flexibility index (Phi) is 3.20. The van der Waals surface area contributed by atoms with Crippen molar-refractivity contribution in [1.29, 1.82) is 0 Å². The van der Waals surface area contributed by atoms with Crippen molar-refractivity contribution in [3.63, 3.8) is 0 Å². The highest BCUT2D eigenvalue weighted by atomic mass is 16.2. The minimum atomic E-state index is -0.224. The number of benzene rings is 1. The molecule has 1 N–H and O–H groups in total. The third kappa shape index (κ3) is 2.50. The summed E-state index contributed by atoms with van der Waals surface area (Å²) in [6, 6.07) is 10.3. The van der Waals surface area contributed by atoms with Crippen molar-refractivity contribution in [2.45, 2.75) is 38.4 Å². The average molecular weight is 232 g/mol. The number of rotatable bonds is 3. The van der Waals surface area contributed by atoms with Gasteiger partial charge in [0.05, 0.1) is 11.7 Å². The van der Waals surface area contributed by atoms with Crippen LogP contribution in [0.1, 0.15) is 25.8 Å².